The van der Waals surface area contributed by atoms with Crippen LogP contribution in [-0.2, 0) is 9.53 Å². The summed E-state index contributed by atoms with van der Waals surface area (Å²) < 4.78 is 5.25. The van der Waals surface area contributed by atoms with E-state index in [1.807, 2.05) is 0 Å². The molecule has 1 spiro atoms. The Morgan fingerprint density at radius 1 is 1.14 bits per heavy atom. The van der Waals surface area contributed by atoms with E-state index in [2.05, 4.69) is 13.8 Å². The van der Waals surface area contributed by atoms with Gasteiger partial charge in [-0.15, -0.1) is 12.4 Å². The van der Waals surface area contributed by atoms with Crippen LogP contribution in [0.2, 0.25) is 0 Å². The standard InChI is InChI=1S/C22H37NO5.ClH/c1-19(12-24)16-4-3-14-9-15-10-21(14,20(16,2)6-5-17(19)25)7-8-22(15,27)13-28-18(26)11-23;/h14-17,24-25,27H,3-13,23H2,1-2H3;1H/t14-,15+,16-,17+,19-,20-,21-,22+;/m0./s1. The molecule has 4 rings (SSSR count). The summed E-state index contributed by atoms with van der Waals surface area (Å²) in [5.41, 5.74) is 4.16. The molecule has 2 bridgehead atoms. The van der Waals surface area contributed by atoms with E-state index in [1.165, 1.54) is 0 Å². The molecule has 0 radical (unpaired) electrons. The summed E-state index contributed by atoms with van der Waals surface area (Å²) in [6.45, 7) is 4.37. The van der Waals surface area contributed by atoms with Gasteiger partial charge >= 0.3 is 5.97 Å². The maximum Gasteiger partial charge on any atom is 0.319 e. The normalized spacial score (nSPS) is 50.8. The Morgan fingerprint density at radius 3 is 2.52 bits per heavy atom. The number of fused-ring (bicyclic) bond motifs is 2. The van der Waals surface area contributed by atoms with Gasteiger partial charge in [-0.1, -0.05) is 13.8 Å². The van der Waals surface area contributed by atoms with Crippen LogP contribution in [0.15, 0.2) is 0 Å². The van der Waals surface area contributed by atoms with Gasteiger partial charge in [0.1, 0.15) is 12.2 Å². The second kappa shape index (κ2) is 7.63. The van der Waals surface area contributed by atoms with Crippen molar-refractivity contribution in [2.24, 2.45) is 39.7 Å². The van der Waals surface area contributed by atoms with Gasteiger partial charge in [0.05, 0.1) is 19.3 Å². The predicted molar refractivity (Wildman–Crippen MR) is 111 cm³/mol. The van der Waals surface area contributed by atoms with Crippen LogP contribution in [0.1, 0.15) is 65.2 Å². The lowest BCUT2D eigenvalue weighted by Crippen LogP contribution is -2.63. The highest BCUT2D eigenvalue weighted by Crippen LogP contribution is 2.75. The van der Waals surface area contributed by atoms with E-state index in [1.54, 1.807) is 0 Å². The second-order valence-corrected chi connectivity index (χ2v) is 10.7. The van der Waals surface area contributed by atoms with Crippen molar-refractivity contribution in [3.05, 3.63) is 0 Å². The van der Waals surface area contributed by atoms with E-state index in [-0.39, 0.29) is 48.9 Å². The lowest BCUT2D eigenvalue weighted by Gasteiger charge is -2.66. The summed E-state index contributed by atoms with van der Waals surface area (Å²) >= 11 is 0. The van der Waals surface area contributed by atoms with Gasteiger partial charge in [-0.3, -0.25) is 4.79 Å². The molecule has 4 aliphatic rings. The first-order valence-electron chi connectivity index (χ1n) is 11.0. The van der Waals surface area contributed by atoms with E-state index in [4.69, 9.17) is 10.5 Å². The molecule has 5 N–H and O–H groups in total. The summed E-state index contributed by atoms with van der Waals surface area (Å²) in [5, 5.41) is 32.2. The maximum absolute atomic E-state index is 11.5. The minimum atomic E-state index is -0.951. The summed E-state index contributed by atoms with van der Waals surface area (Å²) in [6.07, 6.45) is 6.91. The van der Waals surface area contributed by atoms with E-state index in [0.29, 0.717) is 18.3 Å². The molecular formula is C22H38ClNO5. The quantitative estimate of drug-likeness (QED) is 0.506. The number of hydrogen-bond donors (Lipinski definition) is 4. The van der Waals surface area contributed by atoms with Crippen LogP contribution >= 0.6 is 12.4 Å². The van der Waals surface area contributed by atoms with Crippen molar-refractivity contribution in [1.82, 2.24) is 0 Å². The van der Waals surface area contributed by atoms with E-state index in [9.17, 15) is 20.1 Å². The largest absolute Gasteiger partial charge is 0.462 e. The Kier molecular flexibility index (Phi) is 6.12. The Bertz CT molecular complexity index is 649. The monoisotopic (exact) mass is 431 g/mol. The molecule has 6 nitrogen and oxygen atoms in total. The molecule has 4 saturated carbocycles. The highest BCUT2D eigenvalue weighted by Gasteiger charge is 2.70. The number of carbonyl (C=O) groups is 1. The minimum Gasteiger partial charge on any atom is -0.462 e. The van der Waals surface area contributed by atoms with Crippen LogP contribution in [0.4, 0.5) is 0 Å². The van der Waals surface area contributed by atoms with Crippen LogP contribution in [0, 0.1) is 34.0 Å². The highest BCUT2D eigenvalue weighted by atomic mass is 35.5. The zero-order chi connectivity index (χ0) is 20.4. The van der Waals surface area contributed by atoms with Crippen molar-refractivity contribution in [1.29, 1.82) is 0 Å². The van der Waals surface area contributed by atoms with E-state index in [0.717, 1.165) is 44.9 Å². The third-order valence-electron chi connectivity index (χ3n) is 9.92. The van der Waals surface area contributed by atoms with Gasteiger partial charge in [0.2, 0.25) is 0 Å². The Hall–Kier alpha value is -0.400. The number of halogens is 1. The van der Waals surface area contributed by atoms with Crippen molar-refractivity contribution in [2.45, 2.75) is 76.9 Å². The fraction of sp³-hybridized carbons (Fsp3) is 0.955. The topological polar surface area (TPSA) is 113 Å². The first-order chi connectivity index (χ1) is 13.1. The van der Waals surface area contributed by atoms with Crippen molar-refractivity contribution < 1.29 is 24.9 Å². The fourth-order valence-corrected chi connectivity index (χ4v) is 8.18. The molecule has 0 amide bonds. The zero-order valence-electron chi connectivity index (χ0n) is 17.7. The zero-order valence-corrected chi connectivity index (χ0v) is 18.5. The number of esters is 1. The van der Waals surface area contributed by atoms with Gasteiger partial charge in [-0.2, -0.15) is 0 Å². The van der Waals surface area contributed by atoms with Gasteiger partial charge in [0.25, 0.3) is 0 Å². The van der Waals surface area contributed by atoms with Crippen LogP contribution in [0.25, 0.3) is 0 Å². The van der Waals surface area contributed by atoms with Crippen LogP contribution in [0.3, 0.4) is 0 Å². The van der Waals surface area contributed by atoms with Gasteiger partial charge < -0.3 is 25.8 Å². The lowest BCUT2D eigenvalue weighted by molar-refractivity contribution is -0.217. The Labute approximate surface area is 180 Å². The van der Waals surface area contributed by atoms with Crippen molar-refractivity contribution in [3.63, 3.8) is 0 Å². The smallest absolute Gasteiger partial charge is 0.319 e. The molecule has 7 heteroatoms. The van der Waals surface area contributed by atoms with Gasteiger partial charge in [-0.25, -0.2) is 0 Å². The van der Waals surface area contributed by atoms with E-state index < -0.39 is 23.1 Å². The molecular weight excluding hydrogens is 394 g/mol. The lowest BCUT2D eigenvalue weighted by atomic mass is 9.39. The van der Waals surface area contributed by atoms with Gasteiger partial charge in [0.15, 0.2) is 0 Å². The third-order valence-corrected chi connectivity index (χ3v) is 9.92. The highest BCUT2D eigenvalue weighted by molar-refractivity contribution is 5.85. The number of ether oxygens (including phenoxy) is 1. The fourth-order valence-electron chi connectivity index (χ4n) is 8.18. The first-order valence-corrected chi connectivity index (χ1v) is 11.0. The second-order valence-electron chi connectivity index (χ2n) is 10.7. The molecule has 0 aliphatic heterocycles. The molecule has 0 unspecified atom stereocenters. The summed E-state index contributed by atoms with van der Waals surface area (Å²) in [7, 11) is 0. The minimum absolute atomic E-state index is 0. The van der Waals surface area contributed by atoms with Crippen molar-refractivity contribution in [3.8, 4) is 0 Å². The number of carbonyl (C=O) groups excluding carboxylic acids is 1. The average Bonchev–Trinajstić information content (AvgIpc) is 3.04. The number of rotatable bonds is 4. The molecule has 0 saturated heterocycles. The van der Waals surface area contributed by atoms with Crippen LogP contribution < -0.4 is 5.73 Å². The maximum atomic E-state index is 11.5. The molecule has 8 atom stereocenters. The SMILES string of the molecule is C[C@@]1(CO)[C@H](O)CC[C@@]2(C)[C@H]1CC[C@H]1C[C@@H]3C[C@@]12CC[C@@]3(O)COC(=O)CN.Cl. The molecule has 0 aromatic carbocycles. The van der Waals surface area contributed by atoms with Crippen molar-refractivity contribution >= 4 is 18.4 Å². The van der Waals surface area contributed by atoms with Crippen LogP contribution in [0.5, 0.6) is 0 Å². The number of hydrogen-bond acceptors (Lipinski definition) is 6. The summed E-state index contributed by atoms with van der Waals surface area (Å²) in [6, 6.07) is 0. The molecule has 4 aliphatic carbocycles. The van der Waals surface area contributed by atoms with Crippen molar-refractivity contribution in [2.75, 3.05) is 19.8 Å². The summed E-state index contributed by atoms with van der Waals surface area (Å²) in [5.74, 6) is 0.539. The Balaban J connectivity index is 0.00000240. The average molecular weight is 432 g/mol. The molecule has 168 valence electrons. The third kappa shape index (κ3) is 3.08. The molecule has 0 aromatic rings. The Morgan fingerprint density at radius 2 is 1.86 bits per heavy atom. The van der Waals surface area contributed by atoms with Gasteiger partial charge in [-0.05, 0) is 80.0 Å². The predicted octanol–water partition coefficient (Wildman–Crippen LogP) is 2.02. The molecule has 4 fully saturated rings. The van der Waals surface area contributed by atoms with E-state index >= 15 is 0 Å². The first kappa shape index (κ1) is 23.3. The number of aliphatic hydroxyl groups is 3. The number of nitrogens with two attached hydrogens (primary N) is 1. The van der Waals surface area contributed by atoms with Gasteiger partial charge in [0, 0.05) is 5.41 Å². The molecule has 0 aromatic heterocycles. The molecule has 29 heavy (non-hydrogen) atoms. The molecule has 0 heterocycles. The van der Waals surface area contributed by atoms with Crippen LogP contribution in [-0.4, -0.2) is 52.8 Å². The number of aliphatic hydroxyl groups excluding tert-OH is 2. The summed E-state index contributed by atoms with van der Waals surface area (Å²) in [4.78, 5) is 11.5.